The molecule has 2 rings (SSSR count). The van der Waals surface area contributed by atoms with Gasteiger partial charge in [-0.25, -0.2) is 0 Å². The van der Waals surface area contributed by atoms with Crippen molar-refractivity contribution in [2.24, 2.45) is 0 Å². The normalized spacial score (nSPS) is 10.4. The van der Waals surface area contributed by atoms with Crippen LogP contribution in [0.3, 0.4) is 0 Å². The minimum atomic E-state index is 0.740. The van der Waals surface area contributed by atoms with E-state index in [-0.39, 0.29) is 0 Å². The van der Waals surface area contributed by atoms with Crippen LogP contribution in [0.2, 0.25) is 5.02 Å². The Bertz CT molecular complexity index is 543. The van der Waals surface area contributed by atoms with Gasteiger partial charge in [0, 0.05) is 23.3 Å². The van der Waals surface area contributed by atoms with Crippen LogP contribution in [0, 0.1) is 0 Å². The molecule has 0 radical (unpaired) electrons. The lowest BCUT2D eigenvalue weighted by Gasteiger charge is -2.08. The summed E-state index contributed by atoms with van der Waals surface area (Å²) in [5.74, 6) is 0.748. The van der Waals surface area contributed by atoms with Crippen LogP contribution < -0.4 is 10.1 Å². The van der Waals surface area contributed by atoms with Gasteiger partial charge in [-0.2, -0.15) is 0 Å². The van der Waals surface area contributed by atoms with Crippen LogP contribution in [0.15, 0.2) is 36.7 Å². The van der Waals surface area contributed by atoms with E-state index in [0.717, 1.165) is 34.0 Å². The second-order valence-corrected chi connectivity index (χ2v) is 4.36. The highest BCUT2D eigenvalue weighted by Crippen LogP contribution is 2.26. The van der Waals surface area contributed by atoms with Gasteiger partial charge in [0.1, 0.15) is 5.75 Å². The molecular formula is C14H15ClN2O. The van der Waals surface area contributed by atoms with Gasteiger partial charge < -0.3 is 10.1 Å². The maximum atomic E-state index is 6.14. The highest BCUT2D eigenvalue weighted by molar-refractivity contribution is 6.31. The summed E-state index contributed by atoms with van der Waals surface area (Å²) in [4.78, 5) is 4.16. The quantitative estimate of drug-likeness (QED) is 0.919. The predicted octanol–water partition coefficient (Wildman–Crippen LogP) is 3.13. The van der Waals surface area contributed by atoms with Crippen molar-refractivity contribution in [3.63, 3.8) is 0 Å². The second kappa shape index (κ2) is 5.85. The SMILES string of the molecule is CNCc1cc(-c2cncc(OC)c2)ccc1Cl. The van der Waals surface area contributed by atoms with Crippen molar-refractivity contribution in [2.75, 3.05) is 14.2 Å². The molecule has 1 aromatic carbocycles. The van der Waals surface area contributed by atoms with E-state index in [1.807, 2.05) is 31.4 Å². The Kier molecular flexibility index (Phi) is 4.18. The van der Waals surface area contributed by atoms with Gasteiger partial charge in [0.15, 0.2) is 0 Å². The van der Waals surface area contributed by atoms with E-state index in [2.05, 4.69) is 16.4 Å². The molecule has 18 heavy (non-hydrogen) atoms. The lowest BCUT2D eigenvalue weighted by Crippen LogP contribution is -2.05. The summed E-state index contributed by atoms with van der Waals surface area (Å²) in [6, 6.07) is 7.91. The molecule has 4 heteroatoms. The average Bonchev–Trinajstić information content (AvgIpc) is 2.41. The standard InChI is InChI=1S/C14H15ClN2O/c1-16-7-12-5-10(3-4-14(12)15)11-6-13(18-2)9-17-8-11/h3-6,8-9,16H,7H2,1-2H3. The fraction of sp³-hybridized carbons (Fsp3) is 0.214. The summed E-state index contributed by atoms with van der Waals surface area (Å²) >= 11 is 6.14. The first-order valence-electron chi connectivity index (χ1n) is 5.67. The molecule has 1 N–H and O–H groups in total. The largest absolute Gasteiger partial charge is 0.495 e. The number of hydrogen-bond donors (Lipinski definition) is 1. The van der Waals surface area contributed by atoms with Gasteiger partial charge in [-0.1, -0.05) is 17.7 Å². The summed E-state index contributed by atoms with van der Waals surface area (Å²) in [6.07, 6.45) is 3.50. The molecule has 0 aliphatic heterocycles. The second-order valence-electron chi connectivity index (χ2n) is 3.95. The zero-order valence-electron chi connectivity index (χ0n) is 10.4. The highest BCUT2D eigenvalue weighted by Gasteiger charge is 2.05. The van der Waals surface area contributed by atoms with Crippen LogP contribution in [0.25, 0.3) is 11.1 Å². The predicted molar refractivity (Wildman–Crippen MR) is 74.0 cm³/mol. The molecular weight excluding hydrogens is 248 g/mol. The Balaban J connectivity index is 2.40. The fourth-order valence-corrected chi connectivity index (χ4v) is 1.95. The molecule has 0 aliphatic carbocycles. The zero-order chi connectivity index (χ0) is 13.0. The molecule has 0 atom stereocenters. The number of nitrogens with zero attached hydrogens (tertiary/aromatic N) is 1. The van der Waals surface area contributed by atoms with Gasteiger partial charge in [0.2, 0.25) is 0 Å². The van der Waals surface area contributed by atoms with Crippen molar-refractivity contribution in [2.45, 2.75) is 6.54 Å². The van der Waals surface area contributed by atoms with Crippen molar-refractivity contribution >= 4 is 11.6 Å². The molecule has 1 heterocycles. The first-order valence-corrected chi connectivity index (χ1v) is 6.05. The number of halogens is 1. The highest BCUT2D eigenvalue weighted by atomic mass is 35.5. The van der Waals surface area contributed by atoms with Crippen molar-refractivity contribution in [1.29, 1.82) is 0 Å². The van der Waals surface area contributed by atoms with E-state index < -0.39 is 0 Å². The number of ether oxygens (including phenoxy) is 1. The number of methoxy groups -OCH3 is 1. The van der Waals surface area contributed by atoms with Gasteiger partial charge in [-0.3, -0.25) is 4.98 Å². The molecule has 0 saturated carbocycles. The maximum absolute atomic E-state index is 6.14. The minimum absolute atomic E-state index is 0.740. The van der Waals surface area contributed by atoms with Crippen LogP contribution in [0.1, 0.15) is 5.56 Å². The van der Waals surface area contributed by atoms with Crippen molar-refractivity contribution in [1.82, 2.24) is 10.3 Å². The summed E-state index contributed by atoms with van der Waals surface area (Å²) < 4.78 is 5.18. The number of rotatable bonds is 4. The molecule has 0 spiro atoms. The summed E-state index contributed by atoms with van der Waals surface area (Å²) in [6.45, 7) is 0.740. The van der Waals surface area contributed by atoms with Gasteiger partial charge in [-0.15, -0.1) is 0 Å². The Morgan fingerprint density at radius 3 is 2.78 bits per heavy atom. The van der Waals surface area contributed by atoms with E-state index in [9.17, 15) is 0 Å². The van der Waals surface area contributed by atoms with Crippen LogP contribution in [0.4, 0.5) is 0 Å². The maximum Gasteiger partial charge on any atom is 0.137 e. The van der Waals surface area contributed by atoms with Crippen LogP contribution in [-0.2, 0) is 6.54 Å². The average molecular weight is 263 g/mol. The molecule has 2 aromatic rings. The molecule has 0 saturated heterocycles. The van der Waals surface area contributed by atoms with E-state index >= 15 is 0 Å². The summed E-state index contributed by atoms with van der Waals surface area (Å²) in [5.41, 5.74) is 3.17. The Hall–Kier alpha value is -1.58. The van der Waals surface area contributed by atoms with E-state index in [4.69, 9.17) is 16.3 Å². The fourth-order valence-electron chi connectivity index (χ4n) is 1.77. The van der Waals surface area contributed by atoms with Crippen LogP contribution in [0.5, 0.6) is 5.75 Å². The molecule has 1 aromatic heterocycles. The molecule has 0 aliphatic rings. The minimum Gasteiger partial charge on any atom is -0.495 e. The van der Waals surface area contributed by atoms with Gasteiger partial charge >= 0.3 is 0 Å². The number of benzene rings is 1. The van der Waals surface area contributed by atoms with Crippen LogP contribution in [-0.4, -0.2) is 19.1 Å². The summed E-state index contributed by atoms with van der Waals surface area (Å²) in [5, 5.41) is 3.87. The number of pyridine rings is 1. The Morgan fingerprint density at radius 1 is 1.22 bits per heavy atom. The van der Waals surface area contributed by atoms with E-state index in [1.165, 1.54) is 0 Å². The number of nitrogens with one attached hydrogen (secondary N) is 1. The molecule has 0 bridgehead atoms. The zero-order valence-corrected chi connectivity index (χ0v) is 11.2. The van der Waals surface area contributed by atoms with Crippen molar-refractivity contribution in [3.05, 3.63) is 47.2 Å². The lowest BCUT2D eigenvalue weighted by molar-refractivity contribution is 0.413. The van der Waals surface area contributed by atoms with Gasteiger partial charge in [0.05, 0.1) is 13.3 Å². The Labute approximate surface area is 112 Å². The van der Waals surface area contributed by atoms with Gasteiger partial charge in [-0.05, 0) is 36.4 Å². The number of hydrogen-bond acceptors (Lipinski definition) is 3. The molecule has 0 unspecified atom stereocenters. The molecule has 3 nitrogen and oxygen atoms in total. The van der Waals surface area contributed by atoms with E-state index in [1.54, 1.807) is 13.3 Å². The smallest absolute Gasteiger partial charge is 0.137 e. The summed E-state index contributed by atoms with van der Waals surface area (Å²) in [7, 11) is 3.53. The monoisotopic (exact) mass is 262 g/mol. The molecule has 0 amide bonds. The first kappa shape index (κ1) is 12.9. The van der Waals surface area contributed by atoms with Gasteiger partial charge in [0.25, 0.3) is 0 Å². The third-order valence-corrected chi connectivity index (χ3v) is 3.06. The third kappa shape index (κ3) is 2.81. The topological polar surface area (TPSA) is 34.2 Å². The van der Waals surface area contributed by atoms with Crippen molar-refractivity contribution in [3.8, 4) is 16.9 Å². The van der Waals surface area contributed by atoms with Crippen molar-refractivity contribution < 1.29 is 4.74 Å². The molecule has 94 valence electrons. The number of aromatic nitrogens is 1. The molecule has 0 fully saturated rings. The van der Waals surface area contributed by atoms with E-state index in [0.29, 0.717) is 0 Å². The third-order valence-electron chi connectivity index (χ3n) is 2.70. The first-order chi connectivity index (χ1) is 8.74. The Morgan fingerprint density at radius 2 is 2.06 bits per heavy atom. The lowest BCUT2D eigenvalue weighted by atomic mass is 10.0. The van der Waals surface area contributed by atoms with Crippen LogP contribution >= 0.6 is 11.6 Å².